The second-order valence-electron chi connectivity index (χ2n) is 11.5. The number of nitrogens with zero attached hydrogens (tertiary/aromatic N) is 2. The number of rotatable bonds is 10. The molecule has 0 aliphatic carbocycles. The predicted octanol–water partition coefficient (Wildman–Crippen LogP) is 7.66. The molecule has 2 aliphatic rings. The van der Waals surface area contributed by atoms with Gasteiger partial charge < -0.3 is 24.1 Å². The maximum absolute atomic E-state index is 12.0. The number of fused-ring (bicyclic) bond motifs is 1. The molecule has 0 unspecified atom stereocenters. The number of aliphatic carboxylic acids is 1. The van der Waals surface area contributed by atoms with Gasteiger partial charge in [0.1, 0.15) is 44.0 Å². The fourth-order valence-corrected chi connectivity index (χ4v) is 6.54. The van der Waals surface area contributed by atoms with Crippen molar-refractivity contribution in [3.05, 3.63) is 105 Å². The van der Waals surface area contributed by atoms with Crippen LogP contribution in [0.3, 0.4) is 0 Å². The fourth-order valence-electron chi connectivity index (χ4n) is 6.03. The highest BCUT2D eigenvalue weighted by atomic mass is 79.9. The summed E-state index contributed by atoms with van der Waals surface area (Å²) in [5.41, 5.74) is 6.56. The standard InChI is InChI=1S/C37H35BrN2O6/c1-24-28(8-5-9-30(24)27-11-12-33-36(18-27)44-15-14-43-33)23-46-35-19-34(45-22-26-7-4-6-25(16-26)20-39)29(17-31(35)38)21-40-13-3-2-10-32(40)37(41)42/h4-9,11-12,16-19,32H,2-3,10,13-15,21-23H2,1H3,(H,41,42)/t32-/m0/s1. The fraction of sp³-hybridized carbons (Fsp3) is 0.297. The van der Waals surface area contributed by atoms with Gasteiger partial charge in [-0.3, -0.25) is 9.69 Å². The number of likely N-dealkylation sites (tertiary alicyclic amines) is 1. The summed E-state index contributed by atoms with van der Waals surface area (Å²) in [6.45, 7) is 4.89. The Labute approximate surface area is 277 Å². The summed E-state index contributed by atoms with van der Waals surface area (Å²) in [7, 11) is 0. The van der Waals surface area contributed by atoms with Crippen molar-refractivity contribution in [2.24, 2.45) is 0 Å². The van der Waals surface area contributed by atoms with Crippen LogP contribution < -0.4 is 18.9 Å². The van der Waals surface area contributed by atoms with E-state index >= 15 is 0 Å². The molecule has 0 spiro atoms. The van der Waals surface area contributed by atoms with Crippen LogP contribution in [0.5, 0.6) is 23.0 Å². The molecule has 9 heteroatoms. The molecule has 0 saturated carbocycles. The summed E-state index contributed by atoms with van der Waals surface area (Å²) >= 11 is 3.71. The van der Waals surface area contributed by atoms with E-state index in [-0.39, 0.29) is 6.61 Å². The summed E-state index contributed by atoms with van der Waals surface area (Å²) in [6, 6.07) is 25.0. The van der Waals surface area contributed by atoms with Gasteiger partial charge in [-0.25, -0.2) is 0 Å². The van der Waals surface area contributed by atoms with E-state index in [0.29, 0.717) is 56.4 Å². The number of piperidine rings is 1. The van der Waals surface area contributed by atoms with Gasteiger partial charge in [-0.05, 0) is 100 Å². The third-order valence-electron chi connectivity index (χ3n) is 8.52. The highest BCUT2D eigenvalue weighted by Crippen LogP contribution is 2.38. The third kappa shape index (κ3) is 7.14. The lowest BCUT2D eigenvalue weighted by Crippen LogP contribution is -2.44. The normalized spacial score (nSPS) is 16.0. The Hall–Kier alpha value is -4.52. The minimum atomic E-state index is -0.802. The van der Waals surface area contributed by atoms with Crippen LogP contribution in [0.15, 0.2) is 77.3 Å². The smallest absolute Gasteiger partial charge is 0.320 e. The van der Waals surface area contributed by atoms with E-state index < -0.39 is 12.0 Å². The highest BCUT2D eigenvalue weighted by Gasteiger charge is 2.29. The number of carbonyl (C=O) groups is 1. The molecule has 4 aromatic rings. The van der Waals surface area contributed by atoms with Crippen molar-refractivity contribution in [3.63, 3.8) is 0 Å². The molecule has 6 rings (SSSR count). The Bertz CT molecular complexity index is 1780. The zero-order valence-corrected chi connectivity index (χ0v) is 27.2. The van der Waals surface area contributed by atoms with E-state index in [0.717, 1.165) is 62.2 Å². The summed E-state index contributed by atoms with van der Waals surface area (Å²) < 4.78 is 25.0. The van der Waals surface area contributed by atoms with Gasteiger partial charge in [-0.15, -0.1) is 0 Å². The molecule has 0 radical (unpaired) electrons. The van der Waals surface area contributed by atoms with Crippen LogP contribution in [0.4, 0.5) is 0 Å². The van der Waals surface area contributed by atoms with Crippen LogP contribution in [0.25, 0.3) is 11.1 Å². The summed E-state index contributed by atoms with van der Waals surface area (Å²) in [6.07, 6.45) is 2.48. The molecule has 236 valence electrons. The Balaban J connectivity index is 1.25. The van der Waals surface area contributed by atoms with Gasteiger partial charge >= 0.3 is 5.97 Å². The van der Waals surface area contributed by atoms with Crippen LogP contribution in [-0.4, -0.2) is 41.8 Å². The minimum absolute atomic E-state index is 0.253. The minimum Gasteiger partial charge on any atom is -0.488 e. The van der Waals surface area contributed by atoms with E-state index in [1.807, 2.05) is 53.4 Å². The first-order valence-electron chi connectivity index (χ1n) is 15.4. The van der Waals surface area contributed by atoms with Crippen molar-refractivity contribution in [2.75, 3.05) is 19.8 Å². The molecule has 4 aromatic carbocycles. The van der Waals surface area contributed by atoms with Gasteiger partial charge in [-0.1, -0.05) is 42.8 Å². The van der Waals surface area contributed by atoms with Crippen molar-refractivity contribution in [2.45, 2.75) is 52.0 Å². The molecule has 1 fully saturated rings. The summed E-state index contributed by atoms with van der Waals surface area (Å²) in [4.78, 5) is 14.0. The van der Waals surface area contributed by atoms with Crippen molar-refractivity contribution < 1.29 is 28.8 Å². The molecular weight excluding hydrogens is 648 g/mol. The van der Waals surface area contributed by atoms with Gasteiger partial charge in [0.2, 0.25) is 0 Å². The Morgan fingerprint density at radius 2 is 1.76 bits per heavy atom. The van der Waals surface area contributed by atoms with E-state index in [2.05, 4.69) is 41.1 Å². The molecule has 2 aliphatic heterocycles. The van der Waals surface area contributed by atoms with Gasteiger partial charge in [0, 0.05) is 18.2 Å². The topological polar surface area (TPSA) is 101 Å². The molecule has 1 N–H and O–H groups in total. The predicted molar refractivity (Wildman–Crippen MR) is 177 cm³/mol. The lowest BCUT2D eigenvalue weighted by Gasteiger charge is -2.33. The maximum Gasteiger partial charge on any atom is 0.320 e. The van der Waals surface area contributed by atoms with Gasteiger partial charge in [0.25, 0.3) is 0 Å². The zero-order chi connectivity index (χ0) is 32.0. The van der Waals surface area contributed by atoms with Gasteiger partial charge in [0.05, 0.1) is 16.1 Å². The van der Waals surface area contributed by atoms with Gasteiger partial charge in [-0.2, -0.15) is 5.26 Å². The molecule has 46 heavy (non-hydrogen) atoms. The summed E-state index contributed by atoms with van der Waals surface area (Å²) in [5.74, 6) is 1.93. The highest BCUT2D eigenvalue weighted by molar-refractivity contribution is 9.10. The Kier molecular flexibility index (Phi) is 9.76. The average Bonchev–Trinajstić information content (AvgIpc) is 3.08. The Morgan fingerprint density at radius 1 is 0.957 bits per heavy atom. The van der Waals surface area contributed by atoms with Crippen LogP contribution in [-0.2, 0) is 24.6 Å². The molecular formula is C37H35BrN2O6. The second kappa shape index (κ2) is 14.3. The monoisotopic (exact) mass is 682 g/mol. The molecule has 0 aromatic heterocycles. The van der Waals surface area contributed by atoms with Crippen molar-refractivity contribution in [3.8, 4) is 40.2 Å². The van der Waals surface area contributed by atoms with Crippen molar-refractivity contribution in [1.29, 1.82) is 5.26 Å². The van der Waals surface area contributed by atoms with E-state index in [9.17, 15) is 15.2 Å². The van der Waals surface area contributed by atoms with Crippen LogP contribution in [0, 0.1) is 18.3 Å². The molecule has 1 saturated heterocycles. The van der Waals surface area contributed by atoms with E-state index in [1.165, 1.54) is 0 Å². The largest absolute Gasteiger partial charge is 0.488 e. The van der Waals surface area contributed by atoms with E-state index in [1.54, 1.807) is 12.1 Å². The van der Waals surface area contributed by atoms with Crippen molar-refractivity contribution >= 4 is 21.9 Å². The SMILES string of the molecule is Cc1c(COc2cc(OCc3cccc(C#N)c3)c(CN3CCCC[C@H]3C(=O)O)cc2Br)cccc1-c1ccc2c(c1)OCCO2. The lowest BCUT2D eigenvalue weighted by atomic mass is 9.96. The maximum atomic E-state index is 12.0. The van der Waals surface area contributed by atoms with Crippen LogP contribution >= 0.6 is 15.9 Å². The number of benzene rings is 4. The zero-order valence-electron chi connectivity index (χ0n) is 25.6. The van der Waals surface area contributed by atoms with E-state index in [4.69, 9.17) is 18.9 Å². The first kappa shape index (κ1) is 31.5. The first-order chi connectivity index (χ1) is 22.4. The van der Waals surface area contributed by atoms with Crippen LogP contribution in [0.1, 0.15) is 47.1 Å². The summed E-state index contributed by atoms with van der Waals surface area (Å²) in [5, 5.41) is 19.2. The quantitative estimate of drug-likeness (QED) is 0.182. The number of nitriles is 1. The Morgan fingerprint density at radius 3 is 2.59 bits per heavy atom. The number of carboxylic acids is 1. The third-order valence-corrected chi connectivity index (χ3v) is 9.14. The molecule has 0 bridgehead atoms. The average molecular weight is 684 g/mol. The van der Waals surface area contributed by atoms with Crippen LogP contribution in [0.2, 0.25) is 0 Å². The number of carboxylic acid groups (broad SMARTS) is 1. The van der Waals surface area contributed by atoms with Gasteiger partial charge in [0.15, 0.2) is 11.5 Å². The first-order valence-corrected chi connectivity index (χ1v) is 16.2. The second-order valence-corrected chi connectivity index (χ2v) is 12.4. The lowest BCUT2D eigenvalue weighted by molar-refractivity contribution is -0.144. The molecule has 1 atom stereocenters. The molecule has 8 nitrogen and oxygen atoms in total. The molecule has 0 amide bonds. The number of hydrogen-bond donors (Lipinski definition) is 1. The number of ether oxygens (including phenoxy) is 4. The molecule has 2 heterocycles. The van der Waals surface area contributed by atoms with Crippen molar-refractivity contribution in [1.82, 2.24) is 4.90 Å². The number of hydrogen-bond acceptors (Lipinski definition) is 7. The number of halogens is 1.